The van der Waals surface area contributed by atoms with Gasteiger partial charge in [0.1, 0.15) is 0 Å². The van der Waals surface area contributed by atoms with Crippen molar-refractivity contribution in [2.45, 2.75) is 35.4 Å². The average molecular weight is 253 g/mol. The fourth-order valence-electron chi connectivity index (χ4n) is 2.89. The van der Waals surface area contributed by atoms with E-state index >= 15 is 0 Å². The number of nitrogens with zero attached hydrogens (tertiary/aromatic N) is 1. The first-order valence-corrected chi connectivity index (χ1v) is 8.46. The third kappa shape index (κ3) is 3.37. The van der Waals surface area contributed by atoms with Crippen molar-refractivity contribution in [2.24, 2.45) is 5.92 Å². The van der Waals surface area contributed by atoms with Gasteiger partial charge in [-0.3, -0.25) is 0 Å². The zero-order valence-corrected chi connectivity index (χ0v) is 13.4. The molecule has 0 atom stereocenters. The summed E-state index contributed by atoms with van der Waals surface area (Å²) in [4.78, 5) is 14.3. The number of amides is 1. The molecule has 0 aliphatic heterocycles. The van der Waals surface area contributed by atoms with E-state index in [1.807, 2.05) is 42.3 Å². The summed E-state index contributed by atoms with van der Waals surface area (Å²) < 4.78 is 1.42. The van der Waals surface area contributed by atoms with Gasteiger partial charge in [0, 0.05) is 0 Å². The standard InChI is InChI=1S/C15H20NO.Na/c1-12-8-10-14(11-9-12)16(2)15(17)13-6-4-3-5-7-13;/h3-7,12,14H,1,8-11H2,2H3;/t12-,14-;. The number of benzene rings is 1. The van der Waals surface area contributed by atoms with Crippen LogP contribution in [0.25, 0.3) is 0 Å². The molecule has 0 bridgehead atoms. The number of carbonyl (C=O) groups is 1. The summed E-state index contributed by atoms with van der Waals surface area (Å²) in [7, 11) is 1.96. The molecule has 2 nitrogen and oxygen atoms in total. The Morgan fingerprint density at radius 3 is 2.39 bits per heavy atom. The van der Waals surface area contributed by atoms with E-state index in [0.29, 0.717) is 6.04 Å². The minimum atomic E-state index is 0.171. The van der Waals surface area contributed by atoms with E-state index < -0.39 is 0 Å². The van der Waals surface area contributed by atoms with E-state index in [0.717, 1.165) is 11.5 Å². The zero-order chi connectivity index (χ0) is 13.0. The molecule has 0 unspecified atom stereocenters. The van der Waals surface area contributed by atoms with Crippen molar-refractivity contribution in [3.8, 4) is 0 Å². The second kappa shape index (κ2) is 6.74. The summed E-state index contributed by atoms with van der Waals surface area (Å²) in [5.74, 6) is 1.11. The first-order chi connectivity index (χ1) is 8.72. The summed E-state index contributed by atoms with van der Waals surface area (Å²) in [5, 5.41) is 0. The maximum absolute atomic E-state index is 12.3. The molecule has 1 aliphatic rings. The van der Waals surface area contributed by atoms with Crippen LogP contribution in [0.3, 0.4) is 0 Å². The second-order valence-corrected chi connectivity index (χ2v) is 6.18. The van der Waals surface area contributed by atoms with Gasteiger partial charge in [-0.1, -0.05) is 0 Å². The first-order valence-electron chi connectivity index (χ1n) is 7.04. The molecule has 1 saturated carbocycles. The van der Waals surface area contributed by atoms with Gasteiger partial charge in [-0.15, -0.1) is 0 Å². The molecule has 3 heteroatoms. The van der Waals surface area contributed by atoms with Gasteiger partial charge >= 0.3 is 128 Å². The third-order valence-corrected chi connectivity index (χ3v) is 5.44. The van der Waals surface area contributed by atoms with Crippen molar-refractivity contribution in [3.05, 3.63) is 35.9 Å². The van der Waals surface area contributed by atoms with Gasteiger partial charge in [0.05, 0.1) is 0 Å². The topological polar surface area (TPSA) is 20.3 Å². The number of hydrogen-bond donors (Lipinski definition) is 0. The second-order valence-electron chi connectivity index (χ2n) is 5.36. The Bertz CT molecular complexity index is 385. The van der Waals surface area contributed by atoms with Gasteiger partial charge < -0.3 is 0 Å². The molecule has 1 aromatic carbocycles. The maximum atomic E-state index is 12.3. The van der Waals surface area contributed by atoms with E-state index in [-0.39, 0.29) is 5.91 Å². The fourth-order valence-corrected chi connectivity index (χ4v) is 3.71. The molecule has 1 aromatic rings. The van der Waals surface area contributed by atoms with E-state index in [1.54, 1.807) is 0 Å². The quantitative estimate of drug-likeness (QED) is 0.758. The molecular weight excluding hydrogens is 233 g/mol. The molecule has 0 saturated heterocycles. The Hall–Kier alpha value is -0.310. The van der Waals surface area contributed by atoms with Gasteiger partial charge in [0.2, 0.25) is 0 Å². The normalized spacial score (nSPS) is 23.7. The molecule has 1 amide bonds. The van der Waals surface area contributed by atoms with Crippen LogP contribution in [0, 0.1) is 5.92 Å². The van der Waals surface area contributed by atoms with Crippen molar-refractivity contribution < 1.29 is 4.79 Å². The predicted molar refractivity (Wildman–Crippen MR) is 74.8 cm³/mol. The molecule has 92 valence electrons. The van der Waals surface area contributed by atoms with Crippen LogP contribution in [-0.2, 0) is 0 Å². The summed E-state index contributed by atoms with van der Waals surface area (Å²) in [6.45, 7) is 0. The minimum absolute atomic E-state index is 0.171. The van der Waals surface area contributed by atoms with Crippen LogP contribution < -0.4 is 0 Å². The van der Waals surface area contributed by atoms with Crippen LogP contribution in [0.5, 0.6) is 0 Å². The number of hydrogen-bond acceptors (Lipinski definition) is 1. The van der Waals surface area contributed by atoms with E-state index in [4.69, 9.17) is 0 Å². The molecule has 0 heterocycles. The summed E-state index contributed by atoms with van der Waals surface area (Å²) in [5.41, 5.74) is 0.810. The molecule has 0 radical (unpaired) electrons. The van der Waals surface area contributed by atoms with Gasteiger partial charge in [0.25, 0.3) is 0 Å². The molecule has 1 aliphatic carbocycles. The van der Waals surface area contributed by atoms with Crippen molar-refractivity contribution in [1.82, 2.24) is 4.90 Å². The van der Waals surface area contributed by atoms with E-state index in [9.17, 15) is 4.79 Å². The van der Waals surface area contributed by atoms with Crippen LogP contribution in [0.2, 0.25) is 3.67 Å². The Kier molecular flexibility index (Phi) is 5.28. The summed E-state index contributed by atoms with van der Waals surface area (Å²) in [6, 6.07) is 10.1. The fraction of sp³-hybridized carbons (Fsp3) is 0.533. The zero-order valence-electron chi connectivity index (χ0n) is 11.4. The van der Waals surface area contributed by atoms with E-state index in [1.165, 1.54) is 57.3 Å². The Labute approximate surface area is 127 Å². The van der Waals surface area contributed by atoms with Crippen LogP contribution >= 0.6 is 0 Å². The predicted octanol–water partition coefficient (Wildman–Crippen LogP) is 2.90. The van der Waals surface area contributed by atoms with Gasteiger partial charge in [-0.2, -0.15) is 0 Å². The molecule has 0 aromatic heterocycles. The molecule has 2 rings (SSSR count). The van der Waals surface area contributed by atoms with E-state index in [2.05, 4.69) is 0 Å². The van der Waals surface area contributed by atoms with Crippen molar-refractivity contribution in [1.29, 1.82) is 0 Å². The van der Waals surface area contributed by atoms with Gasteiger partial charge in [0.15, 0.2) is 0 Å². The van der Waals surface area contributed by atoms with Crippen molar-refractivity contribution >= 4 is 33.8 Å². The monoisotopic (exact) mass is 253 g/mol. The Balaban J connectivity index is 1.96. The third-order valence-electron chi connectivity index (χ3n) is 4.28. The first kappa shape index (κ1) is 14.1. The van der Waals surface area contributed by atoms with Gasteiger partial charge in [-0.05, 0) is 0 Å². The Morgan fingerprint density at radius 2 is 1.83 bits per heavy atom. The molecule has 0 N–H and O–H groups in total. The van der Waals surface area contributed by atoms with Crippen molar-refractivity contribution in [2.75, 3.05) is 7.05 Å². The SMILES string of the molecule is CN(C(=O)c1ccccc1)[C@H]1CC[C@H]([CH2][Na])CC1. The molecular formula is C15H20NNaO. The van der Waals surface area contributed by atoms with Crippen LogP contribution in [0.4, 0.5) is 0 Å². The number of rotatable bonds is 3. The Morgan fingerprint density at radius 1 is 1.22 bits per heavy atom. The van der Waals surface area contributed by atoms with Crippen LogP contribution in [-0.4, -0.2) is 51.8 Å². The average Bonchev–Trinajstić information content (AvgIpc) is 2.47. The summed E-state index contributed by atoms with van der Waals surface area (Å²) >= 11 is 1.32. The number of carbonyl (C=O) groups excluding carboxylic acids is 1. The van der Waals surface area contributed by atoms with Crippen LogP contribution in [0.15, 0.2) is 30.3 Å². The molecule has 1 fully saturated rings. The van der Waals surface area contributed by atoms with Crippen LogP contribution in [0.1, 0.15) is 36.0 Å². The molecule has 0 spiro atoms. The van der Waals surface area contributed by atoms with Gasteiger partial charge in [-0.25, -0.2) is 0 Å². The summed E-state index contributed by atoms with van der Waals surface area (Å²) in [6.07, 6.45) is 4.98. The molecule has 18 heavy (non-hydrogen) atoms. The van der Waals surface area contributed by atoms with Crippen molar-refractivity contribution in [3.63, 3.8) is 0 Å².